The minimum absolute atomic E-state index is 0.0525. The van der Waals surface area contributed by atoms with Crippen LogP contribution < -0.4 is 10.6 Å². The summed E-state index contributed by atoms with van der Waals surface area (Å²) in [5.74, 6) is -1.28. The van der Waals surface area contributed by atoms with Gasteiger partial charge in [-0.3, -0.25) is 9.59 Å². The molecule has 2 aromatic carbocycles. The maximum atomic E-state index is 12.9. The molecule has 0 bridgehead atoms. The van der Waals surface area contributed by atoms with E-state index in [4.69, 9.17) is 9.84 Å². The number of ether oxygens (including phenoxy) is 1. The Hall–Kier alpha value is -3.35. The van der Waals surface area contributed by atoms with E-state index in [1.165, 1.54) is 0 Å². The van der Waals surface area contributed by atoms with Crippen LogP contribution in [0.1, 0.15) is 63.5 Å². The van der Waals surface area contributed by atoms with Crippen molar-refractivity contribution in [3.05, 3.63) is 59.7 Å². The van der Waals surface area contributed by atoms with Gasteiger partial charge in [0.1, 0.15) is 12.6 Å². The van der Waals surface area contributed by atoms with Gasteiger partial charge in [-0.1, -0.05) is 68.8 Å². The molecule has 182 valence electrons. The number of fused-ring (bicyclic) bond motifs is 3. The third-order valence-electron chi connectivity index (χ3n) is 6.53. The topological polar surface area (TPSA) is 105 Å². The summed E-state index contributed by atoms with van der Waals surface area (Å²) in [5.41, 5.74) is 4.56. The molecule has 1 aliphatic rings. The SMILES string of the molecule is CC[C@H](C)[C@H](NC(=O)OCC1c2ccccc2-c2ccccc21)C(=O)NC(C)CCCC(=O)O. The summed E-state index contributed by atoms with van der Waals surface area (Å²) in [6.45, 7) is 5.88. The predicted octanol–water partition coefficient (Wildman–Crippen LogP) is 4.70. The summed E-state index contributed by atoms with van der Waals surface area (Å²) in [6.07, 6.45) is 1.17. The first kappa shape index (κ1) is 25.3. The number of carboxylic acid groups (broad SMARTS) is 1. The van der Waals surface area contributed by atoms with E-state index in [0.29, 0.717) is 19.3 Å². The van der Waals surface area contributed by atoms with Crippen LogP contribution in [0.5, 0.6) is 0 Å². The van der Waals surface area contributed by atoms with Gasteiger partial charge < -0.3 is 20.5 Å². The van der Waals surface area contributed by atoms with E-state index < -0.39 is 18.1 Å². The largest absolute Gasteiger partial charge is 0.481 e. The molecular formula is C27H34N2O5. The first-order chi connectivity index (χ1) is 16.3. The number of carbonyl (C=O) groups is 3. The molecule has 7 nitrogen and oxygen atoms in total. The van der Waals surface area contributed by atoms with Gasteiger partial charge in [-0.15, -0.1) is 0 Å². The predicted molar refractivity (Wildman–Crippen MR) is 131 cm³/mol. The van der Waals surface area contributed by atoms with Gasteiger partial charge in [0.25, 0.3) is 0 Å². The third-order valence-corrected chi connectivity index (χ3v) is 6.53. The number of benzene rings is 2. The van der Waals surface area contributed by atoms with Crippen molar-refractivity contribution < 1.29 is 24.2 Å². The van der Waals surface area contributed by atoms with Crippen molar-refractivity contribution in [2.75, 3.05) is 6.61 Å². The molecule has 0 radical (unpaired) electrons. The molecule has 0 aromatic heterocycles. The molecule has 0 fully saturated rings. The van der Waals surface area contributed by atoms with Gasteiger partial charge >= 0.3 is 12.1 Å². The molecular weight excluding hydrogens is 432 g/mol. The van der Waals surface area contributed by atoms with E-state index in [1.54, 1.807) is 0 Å². The minimum Gasteiger partial charge on any atom is -0.481 e. The van der Waals surface area contributed by atoms with Gasteiger partial charge in [-0.25, -0.2) is 4.79 Å². The van der Waals surface area contributed by atoms with Gasteiger partial charge in [0, 0.05) is 18.4 Å². The highest BCUT2D eigenvalue weighted by Crippen LogP contribution is 2.44. The molecule has 3 rings (SSSR count). The Labute approximate surface area is 200 Å². The van der Waals surface area contributed by atoms with Crippen molar-refractivity contribution in [3.63, 3.8) is 0 Å². The number of hydrogen-bond acceptors (Lipinski definition) is 4. The van der Waals surface area contributed by atoms with Crippen LogP contribution in [0.15, 0.2) is 48.5 Å². The van der Waals surface area contributed by atoms with Crippen molar-refractivity contribution in [1.82, 2.24) is 10.6 Å². The van der Waals surface area contributed by atoms with Crippen LogP contribution in [0, 0.1) is 5.92 Å². The third kappa shape index (κ3) is 6.16. The zero-order chi connectivity index (χ0) is 24.7. The maximum Gasteiger partial charge on any atom is 0.407 e. The fourth-order valence-electron chi connectivity index (χ4n) is 4.43. The summed E-state index contributed by atoms with van der Waals surface area (Å²) in [4.78, 5) is 36.3. The van der Waals surface area contributed by atoms with Crippen molar-refractivity contribution in [1.29, 1.82) is 0 Å². The molecule has 0 saturated carbocycles. The number of alkyl carbamates (subject to hydrolysis) is 1. The Morgan fingerprint density at radius 3 is 2.12 bits per heavy atom. The quantitative estimate of drug-likeness (QED) is 0.445. The molecule has 3 N–H and O–H groups in total. The van der Waals surface area contributed by atoms with Crippen LogP contribution >= 0.6 is 0 Å². The van der Waals surface area contributed by atoms with Gasteiger partial charge in [0.15, 0.2) is 0 Å². The number of aliphatic carboxylic acids is 1. The average molecular weight is 467 g/mol. The molecule has 0 aliphatic heterocycles. The molecule has 2 aromatic rings. The number of amides is 2. The summed E-state index contributed by atoms with van der Waals surface area (Å²) >= 11 is 0. The van der Waals surface area contributed by atoms with E-state index in [-0.39, 0.29) is 36.8 Å². The van der Waals surface area contributed by atoms with Crippen molar-refractivity contribution >= 4 is 18.0 Å². The normalized spacial score (nSPS) is 14.9. The van der Waals surface area contributed by atoms with E-state index in [2.05, 4.69) is 34.9 Å². The second-order valence-electron chi connectivity index (χ2n) is 9.03. The standard InChI is InChI=1S/C27H34N2O5/c1-4-17(2)25(26(32)28-18(3)10-9-15-24(30)31)29-27(33)34-16-23-21-13-7-5-11-19(21)20-12-6-8-14-22(20)23/h5-8,11-14,17-18,23,25H,4,9-10,15-16H2,1-3H3,(H,28,32)(H,29,33)(H,30,31)/t17-,18?,25-/m0/s1. The van der Waals surface area contributed by atoms with Crippen molar-refractivity contribution in [2.45, 2.75) is 64.5 Å². The molecule has 1 aliphatic carbocycles. The Balaban J connectivity index is 1.60. The smallest absolute Gasteiger partial charge is 0.407 e. The second-order valence-corrected chi connectivity index (χ2v) is 9.03. The van der Waals surface area contributed by atoms with Gasteiger partial charge in [0.2, 0.25) is 5.91 Å². The Bertz CT molecular complexity index is 976. The monoisotopic (exact) mass is 466 g/mol. The maximum absolute atomic E-state index is 12.9. The first-order valence-corrected chi connectivity index (χ1v) is 12.0. The summed E-state index contributed by atoms with van der Waals surface area (Å²) in [5, 5.41) is 14.4. The number of hydrogen-bond donors (Lipinski definition) is 3. The number of carbonyl (C=O) groups excluding carboxylic acids is 2. The lowest BCUT2D eigenvalue weighted by molar-refractivity contribution is -0.137. The van der Waals surface area contributed by atoms with Gasteiger partial charge in [0.05, 0.1) is 0 Å². The Kier molecular flexibility index (Phi) is 8.68. The van der Waals surface area contributed by atoms with Gasteiger partial charge in [-0.2, -0.15) is 0 Å². The second kappa shape index (κ2) is 11.7. The number of rotatable bonds is 11. The minimum atomic E-state index is -0.854. The van der Waals surface area contributed by atoms with Crippen LogP contribution in [0.25, 0.3) is 11.1 Å². The van der Waals surface area contributed by atoms with Gasteiger partial charge in [-0.05, 0) is 47.9 Å². The molecule has 2 amide bonds. The zero-order valence-electron chi connectivity index (χ0n) is 20.0. The van der Waals surface area contributed by atoms with Crippen molar-refractivity contribution in [2.24, 2.45) is 5.92 Å². The summed E-state index contributed by atoms with van der Waals surface area (Å²) in [7, 11) is 0. The number of carboxylic acids is 1. The fraction of sp³-hybridized carbons (Fsp3) is 0.444. The average Bonchev–Trinajstić information content (AvgIpc) is 3.14. The summed E-state index contributed by atoms with van der Waals surface area (Å²) < 4.78 is 5.62. The lowest BCUT2D eigenvalue weighted by Gasteiger charge is -2.25. The molecule has 0 saturated heterocycles. The zero-order valence-corrected chi connectivity index (χ0v) is 20.0. The fourth-order valence-corrected chi connectivity index (χ4v) is 4.43. The van der Waals surface area contributed by atoms with E-state index >= 15 is 0 Å². The summed E-state index contributed by atoms with van der Waals surface area (Å²) in [6, 6.07) is 15.3. The highest BCUT2D eigenvalue weighted by Gasteiger charge is 2.31. The molecule has 7 heteroatoms. The van der Waals surface area contributed by atoms with E-state index in [0.717, 1.165) is 22.3 Å². The van der Waals surface area contributed by atoms with E-state index in [1.807, 2.05) is 45.0 Å². The van der Waals surface area contributed by atoms with E-state index in [9.17, 15) is 14.4 Å². The highest BCUT2D eigenvalue weighted by molar-refractivity contribution is 5.86. The van der Waals surface area contributed by atoms with Crippen LogP contribution in [-0.2, 0) is 14.3 Å². The Morgan fingerprint density at radius 1 is 0.971 bits per heavy atom. The van der Waals surface area contributed by atoms with Crippen LogP contribution in [0.4, 0.5) is 4.79 Å². The van der Waals surface area contributed by atoms with Crippen LogP contribution in [0.3, 0.4) is 0 Å². The molecule has 0 spiro atoms. The number of nitrogens with one attached hydrogen (secondary N) is 2. The first-order valence-electron chi connectivity index (χ1n) is 12.0. The molecule has 0 heterocycles. The Morgan fingerprint density at radius 2 is 1.56 bits per heavy atom. The van der Waals surface area contributed by atoms with Crippen LogP contribution in [-0.4, -0.2) is 41.8 Å². The molecule has 3 atom stereocenters. The highest BCUT2D eigenvalue weighted by atomic mass is 16.5. The molecule has 1 unspecified atom stereocenters. The molecule has 34 heavy (non-hydrogen) atoms. The van der Waals surface area contributed by atoms with Crippen LogP contribution in [0.2, 0.25) is 0 Å². The van der Waals surface area contributed by atoms with Crippen molar-refractivity contribution in [3.8, 4) is 11.1 Å². The lowest BCUT2D eigenvalue weighted by Crippen LogP contribution is -2.52. The lowest BCUT2D eigenvalue weighted by atomic mass is 9.97.